The minimum Gasteiger partial charge on any atom is -0.330 e. The van der Waals surface area contributed by atoms with E-state index in [-0.39, 0.29) is 0 Å². The molecule has 2 heteroatoms. The highest BCUT2D eigenvalue weighted by molar-refractivity contribution is 4.94. The van der Waals surface area contributed by atoms with E-state index < -0.39 is 0 Å². The Morgan fingerprint density at radius 3 is 2.79 bits per heavy atom. The maximum atomic E-state index is 5.75. The van der Waals surface area contributed by atoms with Gasteiger partial charge in [-0.25, -0.2) is 0 Å². The third-order valence-electron chi connectivity index (χ3n) is 4.52. The number of likely N-dealkylation sites (tertiary alicyclic amines) is 1. The number of nitrogens with two attached hydrogens (primary N) is 1. The fourth-order valence-electron chi connectivity index (χ4n) is 3.30. The van der Waals surface area contributed by atoms with Gasteiger partial charge >= 0.3 is 0 Å². The maximum Gasteiger partial charge on any atom is 0.0127 e. The van der Waals surface area contributed by atoms with Crippen LogP contribution in [0.3, 0.4) is 0 Å². The van der Waals surface area contributed by atoms with Gasteiger partial charge in [-0.1, -0.05) is 13.3 Å². The molecule has 1 saturated carbocycles. The van der Waals surface area contributed by atoms with Gasteiger partial charge in [0.2, 0.25) is 0 Å². The quantitative estimate of drug-likeness (QED) is 0.746. The molecular formula is C12H24N2. The zero-order chi connectivity index (χ0) is 10.1. The van der Waals surface area contributed by atoms with Crippen LogP contribution in [0, 0.1) is 11.8 Å². The first kappa shape index (κ1) is 10.4. The van der Waals surface area contributed by atoms with Gasteiger partial charge < -0.3 is 5.73 Å². The highest BCUT2D eigenvalue weighted by Crippen LogP contribution is 2.39. The summed E-state index contributed by atoms with van der Waals surface area (Å²) in [5.41, 5.74) is 5.75. The summed E-state index contributed by atoms with van der Waals surface area (Å²) in [4.78, 5) is 2.73. The molecule has 1 saturated heterocycles. The Hall–Kier alpha value is -0.0800. The molecule has 14 heavy (non-hydrogen) atoms. The largest absolute Gasteiger partial charge is 0.330 e. The van der Waals surface area contributed by atoms with Crippen molar-refractivity contribution in [3.8, 4) is 0 Å². The molecule has 0 aromatic carbocycles. The van der Waals surface area contributed by atoms with Crippen molar-refractivity contribution in [2.45, 2.75) is 51.6 Å². The van der Waals surface area contributed by atoms with Crippen LogP contribution in [0.2, 0.25) is 0 Å². The second-order valence-electron chi connectivity index (χ2n) is 5.24. The van der Waals surface area contributed by atoms with E-state index in [1.165, 1.54) is 32.2 Å². The van der Waals surface area contributed by atoms with Crippen molar-refractivity contribution in [1.29, 1.82) is 0 Å². The molecule has 0 bridgehead atoms. The van der Waals surface area contributed by atoms with Crippen molar-refractivity contribution in [2.75, 3.05) is 13.1 Å². The van der Waals surface area contributed by atoms with Crippen LogP contribution in [0.1, 0.15) is 39.5 Å². The number of nitrogens with zero attached hydrogens (tertiary/aromatic N) is 1. The van der Waals surface area contributed by atoms with Crippen molar-refractivity contribution < 1.29 is 0 Å². The number of hydrogen-bond donors (Lipinski definition) is 1. The maximum absolute atomic E-state index is 5.75. The van der Waals surface area contributed by atoms with Crippen LogP contribution in [0.25, 0.3) is 0 Å². The van der Waals surface area contributed by atoms with Crippen LogP contribution in [-0.4, -0.2) is 30.1 Å². The smallest absolute Gasteiger partial charge is 0.0127 e. The average Bonchev–Trinajstić information content (AvgIpc) is 2.76. The monoisotopic (exact) mass is 196 g/mol. The van der Waals surface area contributed by atoms with Gasteiger partial charge in [-0.05, 0) is 51.1 Å². The molecule has 1 heterocycles. The van der Waals surface area contributed by atoms with Gasteiger partial charge in [0.15, 0.2) is 0 Å². The lowest BCUT2D eigenvalue weighted by Crippen LogP contribution is -2.43. The molecule has 4 unspecified atom stereocenters. The molecule has 2 aliphatic rings. The zero-order valence-corrected chi connectivity index (χ0v) is 9.58. The van der Waals surface area contributed by atoms with Gasteiger partial charge in [-0.3, -0.25) is 4.90 Å². The second-order valence-corrected chi connectivity index (χ2v) is 5.24. The zero-order valence-electron chi connectivity index (χ0n) is 9.58. The Labute approximate surface area is 87.8 Å². The average molecular weight is 196 g/mol. The Balaban J connectivity index is 1.97. The Morgan fingerprint density at radius 1 is 1.29 bits per heavy atom. The summed E-state index contributed by atoms with van der Waals surface area (Å²) < 4.78 is 0. The van der Waals surface area contributed by atoms with Crippen molar-refractivity contribution >= 4 is 0 Å². The first-order chi connectivity index (χ1) is 6.74. The fourth-order valence-corrected chi connectivity index (χ4v) is 3.30. The molecule has 2 N–H and O–H groups in total. The minimum absolute atomic E-state index is 0.648. The van der Waals surface area contributed by atoms with Crippen LogP contribution in [-0.2, 0) is 0 Å². The molecule has 0 aromatic rings. The van der Waals surface area contributed by atoms with E-state index in [2.05, 4.69) is 18.7 Å². The van der Waals surface area contributed by atoms with Gasteiger partial charge in [-0.15, -0.1) is 0 Å². The Kier molecular flexibility index (Phi) is 3.13. The topological polar surface area (TPSA) is 29.3 Å². The van der Waals surface area contributed by atoms with E-state index >= 15 is 0 Å². The number of fused-ring (bicyclic) bond motifs is 1. The summed E-state index contributed by atoms with van der Waals surface area (Å²) in [6.07, 6.45) is 5.80. The predicted molar refractivity (Wildman–Crippen MR) is 60.1 cm³/mol. The van der Waals surface area contributed by atoms with Crippen molar-refractivity contribution in [2.24, 2.45) is 17.6 Å². The molecule has 1 aliphatic heterocycles. The fraction of sp³-hybridized carbons (Fsp3) is 1.00. The highest BCUT2D eigenvalue weighted by Gasteiger charge is 2.40. The molecule has 82 valence electrons. The molecule has 0 amide bonds. The standard InChI is InChI=1S/C12H24N2/c1-9(8-13)10(2)14-7-6-11-4-3-5-12(11)14/h9-12H,3-8,13H2,1-2H3. The lowest BCUT2D eigenvalue weighted by atomic mass is 10.00. The lowest BCUT2D eigenvalue weighted by Gasteiger charge is -2.33. The first-order valence-corrected chi connectivity index (χ1v) is 6.20. The number of hydrogen-bond acceptors (Lipinski definition) is 2. The Bertz CT molecular complexity index is 193. The molecule has 0 spiro atoms. The molecule has 0 aromatic heterocycles. The van der Waals surface area contributed by atoms with Gasteiger partial charge in [0.05, 0.1) is 0 Å². The summed E-state index contributed by atoms with van der Waals surface area (Å²) in [6.45, 7) is 6.79. The molecule has 2 fully saturated rings. The van der Waals surface area contributed by atoms with Crippen LogP contribution in [0.4, 0.5) is 0 Å². The van der Waals surface area contributed by atoms with Crippen LogP contribution in [0.5, 0.6) is 0 Å². The summed E-state index contributed by atoms with van der Waals surface area (Å²) in [5.74, 6) is 1.66. The van der Waals surface area contributed by atoms with Crippen LogP contribution < -0.4 is 5.73 Å². The second kappa shape index (κ2) is 4.19. The number of rotatable bonds is 3. The summed E-state index contributed by atoms with van der Waals surface area (Å²) in [7, 11) is 0. The third-order valence-corrected chi connectivity index (χ3v) is 4.52. The third kappa shape index (κ3) is 1.70. The van der Waals surface area contributed by atoms with Crippen molar-refractivity contribution in [3.05, 3.63) is 0 Å². The van der Waals surface area contributed by atoms with E-state index in [4.69, 9.17) is 5.73 Å². The molecule has 2 nitrogen and oxygen atoms in total. The van der Waals surface area contributed by atoms with E-state index in [1.54, 1.807) is 0 Å². The van der Waals surface area contributed by atoms with Gasteiger partial charge in [-0.2, -0.15) is 0 Å². The molecule has 1 aliphatic carbocycles. The van der Waals surface area contributed by atoms with E-state index in [0.29, 0.717) is 12.0 Å². The minimum atomic E-state index is 0.648. The van der Waals surface area contributed by atoms with Crippen molar-refractivity contribution in [1.82, 2.24) is 4.90 Å². The molecule has 0 radical (unpaired) electrons. The molecule has 2 rings (SSSR count). The van der Waals surface area contributed by atoms with Gasteiger partial charge in [0.25, 0.3) is 0 Å². The van der Waals surface area contributed by atoms with Crippen LogP contribution in [0.15, 0.2) is 0 Å². The van der Waals surface area contributed by atoms with Crippen LogP contribution >= 0.6 is 0 Å². The van der Waals surface area contributed by atoms with Gasteiger partial charge in [0.1, 0.15) is 0 Å². The normalized spacial score (nSPS) is 37.1. The van der Waals surface area contributed by atoms with Crippen molar-refractivity contribution in [3.63, 3.8) is 0 Å². The SMILES string of the molecule is CC(CN)C(C)N1CCC2CCCC21. The highest BCUT2D eigenvalue weighted by atomic mass is 15.2. The molecular weight excluding hydrogens is 172 g/mol. The van der Waals surface area contributed by atoms with Gasteiger partial charge in [0, 0.05) is 12.1 Å². The summed E-state index contributed by atoms with van der Waals surface area (Å²) in [6, 6.07) is 1.59. The summed E-state index contributed by atoms with van der Waals surface area (Å²) in [5, 5.41) is 0. The van der Waals surface area contributed by atoms with E-state index in [1.807, 2.05) is 0 Å². The molecule has 4 atom stereocenters. The summed E-state index contributed by atoms with van der Waals surface area (Å²) >= 11 is 0. The predicted octanol–water partition coefficient (Wildman–Crippen LogP) is 1.84. The Morgan fingerprint density at radius 2 is 2.07 bits per heavy atom. The van der Waals surface area contributed by atoms with E-state index in [0.717, 1.165) is 18.5 Å². The first-order valence-electron chi connectivity index (χ1n) is 6.20. The van der Waals surface area contributed by atoms with E-state index in [9.17, 15) is 0 Å². The lowest BCUT2D eigenvalue weighted by molar-refractivity contribution is 0.142.